The molecule has 126 valence electrons. The lowest BCUT2D eigenvalue weighted by Gasteiger charge is -2.31. The second-order valence-electron chi connectivity index (χ2n) is 5.53. The number of piperidine rings is 1. The molecule has 1 heterocycles. The molecule has 23 heavy (non-hydrogen) atoms. The fraction of sp³-hybridized carbons (Fsp3) is 0.438. The number of nitrogens with zero attached hydrogens (tertiary/aromatic N) is 1. The average molecular weight is 328 g/mol. The topological polar surface area (TPSA) is 67.5 Å². The third-order valence-electron chi connectivity index (χ3n) is 3.83. The first-order valence-corrected chi connectivity index (χ1v) is 7.38. The van der Waals surface area contributed by atoms with Gasteiger partial charge in [0.2, 0.25) is 0 Å². The van der Waals surface area contributed by atoms with E-state index in [4.69, 9.17) is 10.5 Å². The Morgan fingerprint density at radius 1 is 1.13 bits per heavy atom. The van der Waals surface area contributed by atoms with Crippen molar-refractivity contribution >= 4 is 5.71 Å². The molecule has 0 bridgehead atoms. The zero-order valence-corrected chi connectivity index (χ0v) is 12.5. The van der Waals surface area contributed by atoms with Crippen LogP contribution in [-0.2, 0) is 0 Å². The molecular weight excluding hydrogens is 309 g/mol. The summed E-state index contributed by atoms with van der Waals surface area (Å²) >= 11 is 0. The van der Waals surface area contributed by atoms with E-state index in [9.17, 15) is 18.3 Å². The van der Waals surface area contributed by atoms with E-state index >= 15 is 0 Å². The highest BCUT2D eigenvalue weighted by Gasteiger charge is 2.34. The van der Waals surface area contributed by atoms with E-state index in [-0.39, 0.29) is 5.56 Å². The number of rotatable bonds is 4. The number of halogens is 3. The Morgan fingerprint density at radius 3 is 2.22 bits per heavy atom. The highest BCUT2D eigenvalue weighted by molar-refractivity contribution is 6.06. The van der Waals surface area contributed by atoms with Crippen molar-refractivity contribution in [3.63, 3.8) is 0 Å². The molecule has 1 saturated heterocycles. The maximum absolute atomic E-state index is 12.2. The Kier molecular flexibility index (Phi) is 5.43. The van der Waals surface area contributed by atoms with Gasteiger partial charge < -0.3 is 15.6 Å². The minimum absolute atomic E-state index is 0.232. The number of allylic oxidation sites excluding steroid dienone is 2. The molecule has 0 saturated carbocycles. The van der Waals surface area contributed by atoms with E-state index in [1.54, 1.807) is 12.1 Å². The van der Waals surface area contributed by atoms with Gasteiger partial charge in [0.25, 0.3) is 0 Å². The average Bonchev–Trinajstić information content (AvgIpc) is 2.54. The standard InChI is InChI=1S/C16H19F3N2O2/c17-16(18,19)14(22)10-13(20)11-4-6-12(7-5-11)15(23)21-8-2-1-3-9-21/h4-7,10,15,20,22-23H,1-3,8-9H2/b14-10-,20-13?. The second-order valence-corrected chi connectivity index (χ2v) is 5.53. The molecule has 0 spiro atoms. The van der Waals surface area contributed by atoms with E-state index in [0.29, 0.717) is 11.6 Å². The van der Waals surface area contributed by atoms with Gasteiger partial charge in [0.1, 0.15) is 6.23 Å². The summed E-state index contributed by atoms with van der Waals surface area (Å²) in [4.78, 5) is 1.94. The number of benzene rings is 1. The monoisotopic (exact) mass is 328 g/mol. The van der Waals surface area contributed by atoms with Crippen LogP contribution in [-0.4, -0.2) is 40.1 Å². The van der Waals surface area contributed by atoms with Gasteiger partial charge in [0.05, 0.1) is 5.71 Å². The van der Waals surface area contributed by atoms with Crippen molar-refractivity contribution in [2.75, 3.05) is 13.1 Å². The van der Waals surface area contributed by atoms with Gasteiger partial charge in [-0.3, -0.25) is 4.90 Å². The summed E-state index contributed by atoms with van der Waals surface area (Å²) in [6, 6.07) is 6.10. The van der Waals surface area contributed by atoms with Crippen LogP contribution in [0.4, 0.5) is 13.2 Å². The van der Waals surface area contributed by atoms with E-state index in [0.717, 1.165) is 32.4 Å². The van der Waals surface area contributed by atoms with Gasteiger partial charge in [-0.05, 0) is 24.0 Å². The lowest BCUT2D eigenvalue weighted by atomic mass is 10.0. The third-order valence-corrected chi connectivity index (χ3v) is 3.83. The number of aliphatic hydroxyl groups excluding tert-OH is 2. The van der Waals surface area contributed by atoms with Crippen molar-refractivity contribution in [3.05, 3.63) is 47.2 Å². The Labute approximate surface area is 132 Å². The van der Waals surface area contributed by atoms with Gasteiger partial charge in [-0.1, -0.05) is 30.7 Å². The van der Waals surface area contributed by atoms with Crippen molar-refractivity contribution < 1.29 is 23.4 Å². The van der Waals surface area contributed by atoms with Crippen LogP contribution in [0.3, 0.4) is 0 Å². The van der Waals surface area contributed by atoms with Crippen molar-refractivity contribution in [2.45, 2.75) is 31.7 Å². The highest BCUT2D eigenvalue weighted by Crippen LogP contribution is 2.25. The third kappa shape index (κ3) is 4.56. The molecule has 4 nitrogen and oxygen atoms in total. The minimum Gasteiger partial charge on any atom is -0.504 e. The van der Waals surface area contributed by atoms with E-state index in [1.165, 1.54) is 12.1 Å². The van der Waals surface area contributed by atoms with E-state index < -0.39 is 23.9 Å². The van der Waals surface area contributed by atoms with E-state index in [2.05, 4.69) is 0 Å². The molecule has 3 N–H and O–H groups in total. The quantitative estimate of drug-likeness (QED) is 0.585. The number of aliphatic hydroxyl groups is 2. The Morgan fingerprint density at radius 2 is 1.70 bits per heavy atom. The SMILES string of the molecule is N=C(/C=C(\O)C(F)(F)F)c1ccc(C(O)N2CCCCC2)cc1. The fourth-order valence-corrected chi connectivity index (χ4v) is 2.51. The van der Waals surface area contributed by atoms with Crippen LogP contribution >= 0.6 is 0 Å². The molecule has 1 atom stereocenters. The van der Waals surface area contributed by atoms with Crippen LogP contribution in [0.1, 0.15) is 36.6 Å². The summed E-state index contributed by atoms with van der Waals surface area (Å²) < 4.78 is 36.7. The molecule has 1 aliphatic heterocycles. The zero-order valence-electron chi connectivity index (χ0n) is 12.5. The maximum Gasteiger partial charge on any atom is 0.448 e. The van der Waals surface area contributed by atoms with Gasteiger partial charge in [0, 0.05) is 19.2 Å². The minimum atomic E-state index is -4.86. The van der Waals surface area contributed by atoms with Gasteiger partial charge in [-0.2, -0.15) is 13.2 Å². The zero-order chi connectivity index (χ0) is 17.0. The van der Waals surface area contributed by atoms with Crippen molar-refractivity contribution in [3.8, 4) is 0 Å². The fourth-order valence-electron chi connectivity index (χ4n) is 2.51. The smallest absolute Gasteiger partial charge is 0.448 e. The molecule has 0 radical (unpaired) electrons. The molecule has 1 aromatic rings. The van der Waals surface area contributed by atoms with E-state index in [1.807, 2.05) is 4.90 Å². The summed E-state index contributed by atoms with van der Waals surface area (Å²) in [6.45, 7) is 1.61. The predicted molar refractivity (Wildman–Crippen MR) is 80.4 cm³/mol. The lowest BCUT2D eigenvalue weighted by Crippen LogP contribution is -2.33. The number of alkyl halides is 3. The van der Waals surface area contributed by atoms with Crippen LogP contribution in [0.2, 0.25) is 0 Å². The van der Waals surface area contributed by atoms with Gasteiger partial charge in [-0.15, -0.1) is 0 Å². The molecule has 0 aliphatic carbocycles. The molecular formula is C16H19F3N2O2. The molecule has 0 aromatic heterocycles. The molecule has 0 amide bonds. The lowest BCUT2D eigenvalue weighted by molar-refractivity contribution is -0.120. The molecule has 1 aromatic carbocycles. The summed E-state index contributed by atoms with van der Waals surface area (Å²) in [5.74, 6) is -1.81. The van der Waals surface area contributed by atoms with Crippen LogP contribution in [0.5, 0.6) is 0 Å². The van der Waals surface area contributed by atoms with Crippen molar-refractivity contribution in [1.82, 2.24) is 4.90 Å². The second kappa shape index (κ2) is 7.14. The summed E-state index contributed by atoms with van der Waals surface area (Å²) in [5.41, 5.74) is 0.418. The largest absolute Gasteiger partial charge is 0.504 e. The van der Waals surface area contributed by atoms with Crippen LogP contribution in [0, 0.1) is 5.41 Å². The normalized spacial score (nSPS) is 18.7. The van der Waals surface area contributed by atoms with Crippen molar-refractivity contribution in [2.24, 2.45) is 0 Å². The van der Waals surface area contributed by atoms with Crippen LogP contribution < -0.4 is 0 Å². The van der Waals surface area contributed by atoms with Gasteiger partial charge in [0.15, 0.2) is 5.76 Å². The first-order chi connectivity index (χ1) is 10.8. The maximum atomic E-state index is 12.2. The Hall–Kier alpha value is -1.86. The Bertz CT molecular complexity index is 576. The van der Waals surface area contributed by atoms with Gasteiger partial charge in [-0.25, -0.2) is 0 Å². The molecule has 2 rings (SSSR count). The number of nitrogens with one attached hydrogen (secondary N) is 1. The number of hydrogen-bond acceptors (Lipinski definition) is 4. The molecule has 7 heteroatoms. The predicted octanol–water partition coefficient (Wildman–Crippen LogP) is 3.54. The summed E-state index contributed by atoms with van der Waals surface area (Å²) in [7, 11) is 0. The highest BCUT2D eigenvalue weighted by atomic mass is 19.4. The summed E-state index contributed by atoms with van der Waals surface area (Å²) in [6.07, 6.45) is -2.04. The number of likely N-dealkylation sites (tertiary alicyclic amines) is 1. The summed E-state index contributed by atoms with van der Waals surface area (Å²) in [5, 5.41) is 26.8. The molecule has 1 fully saturated rings. The van der Waals surface area contributed by atoms with Gasteiger partial charge >= 0.3 is 6.18 Å². The number of hydrogen-bond donors (Lipinski definition) is 3. The molecule has 1 unspecified atom stereocenters. The Balaban J connectivity index is 2.08. The first kappa shape index (κ1) is 17.5. The van der Waals surface area contributed by atoms with Crippen molar-refractivity contribution in [1.29, 1.82) is 5.41 Å². The molecule has 1 aliphatic rings. The first-order valence-electron chi connectivity index (χ1n) is 7.38. The van der Waals surface area contributed by atoms with Crippen LogP contribution in [0.15, 0.2) is 36.1 Å². The van der Waals surface area contributed by atoms with Crippen LogP contribution in [0.25, 0.3) is 0 Å².